The molecule has 0 spiro atoms. The average molecular weight is 579 g/mol. The van der Waals surface area contributed by atoms with Crippen LogP contribution in [0.1, 0.15) is 87.1 Å². The highest BCUT2D eigenvalue weighted by Crippen LogP contribution is 2.41. The van der Waals surface area contributed by atoms with E-state index in [1.807, 2.05) is 0 Å². The minimum absolute atomic E-state index is 0.0609. The second-order valence-corrected chi connectivity index (χ2v) is 10.8. The van der Waals surface area contributed by atoms with Gasteiger partial charge in [-0.3, -0.25) is 14.5 Å². The van der Waals surface area contributed by atoms with Gasteiger partial charge in [0.25, 0.3) is 12.3 Å². The van der Waals surface area contributed by atoms with Crippen LogP contribution in [0.15, 0.2) is 12.3 Å². The molecule has 0 saturated heterocycles. The van der Waals surface area contributed by atoms with Gasteiger partial charge in [0.2, 0.25) is 0 Å². The van der Waals surface area contributed by atoms with Gasteiger partial charge in [0.15, 0.2) is 5.69 Å². The van der Waals surface area contributed by atoms with Crippen molar-refractivity contribution in [3.05, 3.63) is 34.8 Å². The molecule has 0 radical (unpaired) electrons. The van der Waals surface area contributed by atoms with Crippen LogP contribution < -0.4 is 5.32 Å². The molecule has 0 atom stereocenters. The Morgan fingerprint density at radius 1 is 1.18 bits per heavy atom. The second-order valence-electron chi connectivity index (χ2n) is 10.7. The predicted octanol–water partition coefficient (Wildman–Crippen LogP) is 6.23. The molecule has 1 fully saturated rings. The monoisotopic (exact) mass is 578 g/mol. The molecular weight excluding hydrogens is 543 g/mol. The van der Waals surface area contributed by atoms with Gasteiger partial charge in [-0.05, 0) is 44.6 Å². The van der Waals surface area contributed by atoms with E-state index in [9.17, 15) is 26.7 Å². The molecule has 7 nitrogen and oxygen atoms in total. The molecule has 2 heterocycles. The summed E-state index contributed by atoms with van der Waals surface area (Å²) in [7, 11) is 0. The van der Waals surface area contributed by atoms with Gasteiger partial charge >= 0.3 is 17.7 Å². The number of halogens is 5. The molecule has 1 saturated carbocycles. The Kier molecular flexibility index (Phi) is 11.3. The predicted molar refractivity (Wildman–Crippen MR) is 137 cm³/mol. The largest absolute Gasteiger partial charge is 0.394 e. The van der Waals surface area contributed by atoms with Gasteiger partial charge in [-0.2, -0.15) is 26.7 Å². The van der Waals surface area contributed by atoms with Crippen molar-refractivity contribution in [1.29, 1.82) is 0 Å². The highest BCUT2D eigenvalue weighted by Gasteiger charge is 2.47. The maximum atomic E-state index is 14.1. The van der Waals surface area contributed by atoms with Crippen LogP contribution in [0.4, 0.5) is 22.0 Å². The summed E-state index contributed by atoms with van der Waals surface area (Å²) in [4.78, 5) is 17.0. The van der Waals surface area contributed by atoms with Crippen LogP contribution in [-0.4, -0.2) is 41.8 Å². The Morgan fingerprint density at radius 3 is 2.28 bits per heavy atom. The van der Waals surface area contributed by atoms with Crippen molar-refractivity contribution in [2.45, 2.75) is 85.9 Å². The highest BCUT2D eigenvalue weighted by molar-refractivity contribution is 7.51. The van der Waals surface area contributed by atoms with Gasteiger partial charge in [0, 0.05) is 48.1 Å². The summed E-state index contributed by atoms with van der Waals surface area (Å²) >= 11 is -0.750. The van der Waals surface area contributed by atoms with Crippen LogP contribution in [0.25, 0.3) is 11.3 Å². The molecule has 3 rings (SSSR count). The molecule has 0 aliphatic heterocycles. The van der Waals surface area contributed by atoms with Crippen LogP contribution >= 0.6 is 0 Å². The first-order valence-electron chi connectivity index (χ1n) is 12.8. The van der Waals surface area contributed by atoms with E-state index in [0.717, 1.165) is 45.6 Å². The van der Waals surface area contributed by atoms with E-state index in [-0.39, 0.29) is 22.9 Å². The van der Waals surface area contributed by atoms with Crippen LogP contribution in [0, 0.1) is 24.2 Å². The first-order valence-corrected chi connectivity index (χ1v) is 13.4. The Hall–Kier alpha value is -2.70. The lowest BCUT2D eigenvalue weighted by atomic mass is 9.83. The van der Waals surface area contributed by atoms with Crippen molar-refractivity contribution in [1.82, 2.24) is 20.1 Å². The summed E-state index contributed by atoms with van der Waals surface area (Å²) in [6.45, 7) is 8.52. The molecule has 0 unspecified atom stereocenters. The zero-order valence-electron chi connectivity index (χ0n) is 22.7. The van der Waals surface area contributed by atoms with Crippen molar-refractivity contribution < 1.29 is 35.2 Å². The Morgan fingerprint density at radius 2 is 1.77 bits per heavy atom. The normalized spacial score (nSPS) is 17.9. The quantitative estimate of drug-likeness (QED) is 0.375. The molecule has 1 amide bonds. The van der Waals surface area contributed by atoms with E-state index >= 15 is 0 Å². The maximum absolute atomic E-state index is 14.1. The number of nitrogens with one attached hydrogen (secondary N) is 1. The SMILES string of the molecule is CCn1nc(C(=O)NCC2CCC(C)CC2)c(C)c1-c1cnc(CC(C)(C)C(F)(F)F)cc1C(F)F.O=S=O. The third kappa shape index (κ3) is 8.15. The standard InChI is InChI=1S/C26H35F5N4O.O2S/c1-6-35-22(16(3)21(34-35)24(36)33-13-17-9-7-15(2)8-10-17)20-14-32-18(11-19(20)23(27)28)12-25(4,5)26(29,30)31;1-3-2/h11,14-15,17,23H,6-10,12-13H2,1-5H3,(H,33,36);. The molecule has 1 N–H and O–H groups in total. The fourth-order valence-corrected chi connectivity index (χ4v) is 4.74. The van der Waals surface area contributed by atoms with Crippen molar-refractivity contribution in [3.8, 4) is 11.3 Å². The maximum Gasteiger partial charge on any atom is 0.394 e. The zero-order chi connectivity index (χ0) is 29.5. The van der Waals surface area contributed by atoms with E-state index in [1.165, 1.54) is 10.9 Å². The van der Waals surface area contributed by atoms with E-state index in [1.54, 1.807) is 13.8 Å². The molecule has 2 aromatic heterocycles. The van der Waals surface area contributed by atoms with Gasteiger partial charge in [-0.1, -0.05) is 33.6 Å². The minimum atomic E-state index is -4.51. The van der Waals surface area contributed by atoms with Crippen molar-refractivity contribution in [2.24, 2.45) is 17.3 Å². The lowest BCUT2D eigenvalue weighted by Crippen LogP contribution is -2.34. The number of alkyl halides is 5. The van der Waals surface area contributed by atoms with E-state index < -0.39 is 41.6 Å². The average Bonchev–Trinajstić information content (AvgIpc) is 3.19. The Labute approximate surface area is 228 Å². The fourth-order valence-electron chi connectivity index (χ4n) is 4.74. The first-order chi connectivity index (χ1) is 18.2. The number of rotatable bonds is 8. The van der Waals surface area contributed by atoms with Crippen LogP contribution in [0.5, 0.6) is 0 Å². The number of hydrogen-bond donors (Lipinski definition) is 1. The number of carbonyl (C=O) groups excluding carboxylic acids is 1. The molecular formula is C26H35F5N4O3S. The molecule has 39 heavy (non-hydrogen) atoms. The summed E-state index contributed by atoms with van der Waals surface area (Å²) in [5.74, 6) is 0.738. The first kappa shape index (κ1) is 32.5. The number of aromatic nitrogens is 3. The third-order valence-electron chi connectivity index (χ3n) is 7.26. The zero-order valence-corrected chi connectivity index (χ0v) is 23.5. The molecule has 1 aliphatic rings. The van der Waals surface area contributed by atoms with Crippen molar-refractivity contribution in [2.75, 3.05) is 6.54 Å². The summed E-state index contributed by atoms with van der Waals surface area (Å²) in [5.41, 5.74) is -1.67. The molecule has 0 bridgehead atoms. The van der Waals surface area contributed by atoms with E-state index in [0.29, 0.717) is 36.2 Å². The summed E-state index contributed by atoms with van der Waals surface area (Å²) in [6.07, 6.45) is -2.44. The summed E-state index contributed by atoms with van der Waals surface area (Å²) in [6, 6.07) is 1.03. The molecule has 13 heteroatoms. The van der Waals surface area contributed by atoms with Gasteiger partial charge in [0.1, 0.15) is 0 Å². The van der Waals surface area contributed by atoms with Crippen LogP contribution in [0.2, 0.25) is 0 Å². The fraction of sp³-hybridized carbons (Fsp3) is 0.654. The number of amides is 1. The number of carbonyl (C=O) groups is 1. The smallest absolute Gasteiger partial charge is 0.350 e. The highest BCUT2D eigenvalue weighted by atomic mass is 32.1. The second kappa shape index (κ2) is 13.6. The van der Waals surface area contributed by atoms with Gasteiger partial charge in [-0.25, -0.2) is 8.78 Å². The van der Waals surface area contributed by atoms with E-state index in [4.69, 9.17) is 8.42 Å². The van der Waals surface area contributed by atoms with E-state index in [2.05, 4.69) is 22.3 Å². The van der Waals surface area contributed by atoms with Gasteiger partial charge in [-0.15, -0.1) is 0 Å². The molecule has 0 aromatic carbocycles. The van der Waals surface area contributed by atoms with Gasteiger partial charge in [0.05, 0.1) is 11.1 Å². The van der Waals surface area contributed by atoms with Crippen LogP contribution in [-0.2, 0) is 24.5 Å². The van der Waals surface area contributed by atoms with Crippen LogP contribution in [0.3, 0.4) is 0 Å². The lowest BCUT2D eigenvalue weighted by Gasteiger charge is -2.27. The minimum Gasteiger partial charge on any atom is -0.350 e. The molecule has 1 aliphatic carbocycles. The molecule has 2 aromatic rings. The Bertz CT molecular complexity index is 1170. The lowest BCUT2D eigenvalue weighted by molar-refractivity contribution is -0.211. The number of aryl methyl sites for hydroxylation is 1. The summed E-state index contributed by atoms with van der Waals surface area (Å²) < 4.78 is 86.2. The third-order valence-corrected chi connectivity index (χ3v) is 7.26. The number of hydrogen-bond acceptors (Lipinski definition) is 5. The van der Waals surface area contributed by atoms with Crippen molar-refractivity contribution >= 4 is 17.5 Å². The number of nitrogens with zero attached hydrogens (tertiary/aromatic N) is 3. The summed E-state index contributed by atoms with van der Waals surface area (Å²) in [5, 5.41) is 7.32. The topological polar surface area (TPSA) is 93.9 Å². The Balaban J connectivity index is 0.00000170. The van der Waals surface area contributed by atoms with Crippen molar-refractivity contribution in [3.63, 3.8) is 0 Å². The number of pyridine rings is 1. The molecule has 218 valence electrons. The van der Waals surface area contributed by atoms with Gasteiger partial charge < -0.3 is 5.32 Å².